The van der Waals surface area contributed by atoms with Gasteiger partial charge in [-0.25, -0.2) is 5.43 Å². The van der Waals surface area contributed by atoms with E-state index < -0.39 is 0 Å². The molecule has 0 saturated heterocycles. The van der Waals surface area contributed by atoms with Crippen molar-refractivity contribution in [1.29, 1.82) is 0 Å². The Morgan fingerprint density at radius 2 is 1.77 bits per heavy atom. The third-order valence-electron chi connectivity index (χ3n) is 3.99. The molecule has 0 saturated carbocycles. The summed E-state index contributed by atoms with van der Waals surface area (Å²) in [5.41, 5.74) is 6.45. The molecule has 2 aromatic carbocycles. The van der Waals surface area contributed by atoms with Crippen LogP contribution in [0.25, 0.3) is 6.08 Å². The Labute approximate surface area is 156 Å². The van der Waals surface area contributed by atoms with E-state index >= 15 is 0 Å². The Kier molecular flexibility index (Phi) is 7.30. The quantitative estimate of drug-likeness (QED) is 0.607. The zero-order valence-electron chi connectivity index (χ0n) is 15.9. The number of nitrogens with one attached hydrogen (secondary N) is 1. The molecule has 0 aliphatic carbocycles. The number of allylic oxidation sites excluding steroid dienone is 1. The third kappa shape index (κ3) is 6.30. The molecule has 0 aliphatic heterocycles. The molecule has 1 amide bonds. The van der Waals surface area contributed by atoms with Crippen molar-refractivity contribution < 1.29 is 4.79 Å². The predicted molar refractivity (Wildman–Crippen MR) is 109 cm³/mol. The molecule has 0 aromatic heterocycles. The highest BCUT2D eigenvalue weighted by Gasteiger charge is 2.11. The fraction of sp³-hybridized carbons (Fsp3) is 0.273. The van der Waals surface area contributed by atoms with E-state index in [-0.39, 0.29) is 11.8 Å². The molecule has 0 bridgehead atoms. The van der Waals surface area contributed by atoms with Crippen molar-refractivity contribution in [2.45, 2.75) is 13.8 Å². The largest absolute Gasteiger partial charge is 0.309 e. The molecular weight excluding hydrogens is 322 g/mol. The number of amides is 1. The predicted octanol–water partition coefficient (Wildman–Crippen LogP) is 3.99. The smallest absolute Gasteiger partial charge is 0.271 e. The second kappa shape index (κ2) is 9.68. The van der Waals surface area contributed by atoms with E-state index in [0.29, 0.717) is 5.56 Å². The van der Waals surface area contributed by atoms with Gasteiger partial charge < -0.3 is 4.90 Å². The van der Waals surface area contributed by atoms with Gasteiger partial charge in [-0.1, -0.05) is 61.0 Å². The van der Waals surface area contributed by atoms with Gasteiger partial charge in [-0.15, -0.1) is 0 Å². The summed E-state index contributed by atoms with van der Waals surface area (Å²) in [6.45, 7) is 5.02. The second-order valence-corrected chi connectivity index (χ2v) is 6.75. The van der Waals surface area contributed by atoms with Crippen LogP contribution in [0.1, 0.15) is 28.4 Å². The average Bonchev–Trinajstić information content (AvgIpc) is 2.63. The summed E-state index contributed by atoms with van der Waals surface area (Å²) in [4.78, 5) is 14.4. The van der Waals surface area contributed by atoms with Crippen molar-refractivity contribution in [3.05, 3.63) is 77.4 Å². The van der Waals surface area contributed by atoms with E-state index in [1.54, 1.807) is 12.1 Å². The van der Waals surface area contributed by atoms with E-state index in [0.717, 1.165) is 17.8 Å². The molecule has 4 nitrogen and oxygen atoms in total. The number of rotatable bonds is 7. The van der Waals surface area contributed by atoms with Crippen LogP contribution in [0.4, 0.5) is 0 Å². The van der Waals surface area contributed by atoms with Gasteiger partial charge in [0.1, 0.15) is 0 Å². The van der Waals surface area contributed by atoms with E-state index in [1.165, 1.54) is 5.56 Å². The molecule has 26 heavy (non-hydrogen) atoms. The molecule has 0 unspecified atom stereocenters. The van der Waals surface area contributed by atoms with Gasteiger partial charge in [-0.05, 0) is 44.8 Å². The normalized spacial score (nSPS) is 13.2. The molecule has 0 radical (unpaired) electrons. The lowest BCUT2D eigenvalue weighted by atomic mass is 10.0. The minimum atomic E-state index is -0.205. The summed E-state index contributed by atoms with van der Waals surface area (Å²) >= 11 is 0. The number of hydrogen-bond donors (Lipinski definition) is 1. The summed E-state index contributed by atoms with van der Waals surface area (Å²) < 4.78 is 0. The monoisotopic (exact) mass is 349 g/mol. The van der Waals surface area contributed by atoms with Crippen LogP contribution in [-0.4, -0.2) is 37.2 Å². The van der Waals surface area contributed by atoms with Gasteiger partial charge in [0.2, 0.25) is 0 Å². The molecule has 0 heterocycles. The topological polar surface area (TPSA) is 44.7 Å². The number of benzene rings is 2. The van der Waals surface area contributed by atoms with Gasteiger partial charge in [-0.3, -0.25) is 4.79 Å². The van der Waals surface area contributed by atoms with Gasteiger partial charge in [0, 0.05) is 18.0 Å². The third-order valence-corrected chi connectivity index (χ3v) is 3.99. The maximum atomic E-state index is 12.3. The fourth-order valence-electron chi connectivity index (χ4n) is 2.58. The molecule has 0 spiro atoms. The first-order chi connectivity index (χ1) is 12.5. The standard InChI is InChI=1S/C22H27N3O/c1-17-10-12-19(13-11-17)14-15-21(18(2)16-25(3)4)23-24-22(26)20-8-6-5-7-9-20/h5-15,18H,16H2,1-4H3,(H,24,26)/b15-14-,23-21+/t18-/m0/s1. The number of hydrogen-bond acceptors (Lipinski definition) is 3. The van der Waals surface area contributed by atoms with Crippen LogP contribution >= 0.6 is 0 Å². The van der Waals surface area contributed by atoms with Crippen LogP contribution in [-0.2, 0) is 0 Å². The number of aryl methyl sites for hydroxylation is 1. The summed E-state index contributed by atoms with van der Waals surface area (Å²) in [5.74, 6) is -0.0216. The number of carbonyl (C=O) groups excluding carboxylic acids is 1. The molecule has 1 N–H and O–H groups in total. The molecule has 136 valence electrons. The van der Waals surface area contributed by atoms with Gasteiger partial charge in [0.25, 0.3) is 5.91 Å². The SMILES string of the molecule is Cc1ccc(/C=C\C(=N/NC(=O)c2ccccc2)[C@@H](C)CN(C)C)cc1. The lowest BCUT2D eigenvalue weighted by Crippen LogP contribution is -2.27. The van der Waals surface area contributed by atoms with Crippen LogP contribution in [0.15, 0.2) is 65.8 Å². The Morgan fingerprint density at radius 1 is 1.12 bits per heavy atom. The first-order valence-corrected chi connectivity index (χ1v) is 8.78. The van der Waals surface area contributed by atoms with Crippen LogP contribution in [0.3, 0.4) is 0 Å². The molecule has 1 atom stereocenters. The van der Waals surface area contributed by atoms with Crippen LogP contribution in [0.5, 0.6) is 0 Å². The lowest BCUT2D eigenvalue weighted by molar-refractivity contribution is 0.0954. The van der Waals surface area contributed by atoms with Crippen LogP contribution in [0, 0.1) is 12.8 Å². The van der Waals surface area contributed by atoms with Gasteiger partial charge >= 0.3 is 0 Å². The van der Waals surface area contributed by atoms with Crippen LogP contribution in [0.2, 0.25) is 0 Å². The molecule has 2 aromatic rings. The molecule has 0 aliphatic rings. The molecule has 4 heteroatoms. The summed E-state index contributed by atoms with van der Waals surface area (Å²) in [6, 6.07) is 17.4. The maximum absolute atomic E-state index is 12.3. The second-order valence-electron chi connectivity index (χ2n) is 6.75. The Balaban J connectivity index is 2.16. The van der Waals surface area contributed by atoms with Gasteiger partial charge in [0.15, 0.2) is 0 Å². The average molecular weight is 349 g/mol. The Morgan fingerprint density at radius 3 is 2.38 bits per heavy atom. The number of nitrogens with zero attached hydrogens (tertiary/aromatic N) is 2. The first-order valence-electron chi connectivity index (χ1n) is 8.78. The zero-order valence-corrected chi connectivity index (χ0v) is 15.9. The van der Waals surface area contributed by atoms with E-state index in [2.05, 4.69) is 53.5 Å². The first kappa shape index (κ1) is 19.6. The number of hydrazone groups is 1. The van der Waals surface area contributed by atoms with Gasteiger partial charge in [-0.2, -0.15) is 5.10 Å². The van der Waals surface area contributed by atoms with Crippen molar-refractivity contribution in [2.24, 2.45) is 11.0 Å². The molecule has 2 rings (SSSR count). The maximum Gasteiger partial charge on any atom is 0.271 e. The van der Waals surface area contributed by atoms with Crippen molar-refractivity contribution in [2.75, 3.05) is 20.6 Å². The minimum Gasteiger partial charge on any atom is -0.309 e. The summed E-state index contributed by atoms with van der Waals surface area (Å²) in [6.07, 6.45) is 4.00. The fourth-order valence-corrected chi connectivity index (χ4v) is 2.58. The van der Waals surface area contributed by atoms with Crippen molar-refractivity contribution >= 4 is 17.7 Å². The van der Waals surface area contributed by atoms with E-state index in [9.17, 15) is 4.79 Å². The summed E-state index contributed by atoms with van der Waals surface area (Å²) in [7, 11) is 4.06. The molecule has 0 fully saturated rings. The summed E-state index contributed by atoms with van der Waals surface area (Å²) in [5, 5.41) is 4.39. The number of carbonyl (C=O) groups is 1. The van der Waals surface area contributed by atoms with E-state index in [1.807, 2.05) is 44.4 Å². The van der Waals surface area contributed by atoms with Crippen molar-refractivity contribution in [3.8, 4) is 0 Å². The van der Waals surface area contributed by atoms with Crippen molar-refractivity contribution in [1.82, 2.24) is 10.3 Å². The van der Waals surface area contributed by atoms with Gasteiger partial charge in [0.05, 0.1) is 5.71 Å². The minimum absolute atomic E-state index is 0.183. The highest BCUT2D eigenvalue weighted by Crippen LogP contribution is 2.08. The molecular formula is C22H27N3O. The Bertz CT molecular complexity index is 762. The lowest BCUT2D eigenvalue weighted by Gasteiger charge is -2.17. The zero-order chi connectivity index (χ0) is 18.9. The van der Waals surface area contributed by atoms with Crippen LogP contribution < -0.4 is 5.43 Å². The highest BCUT2D eigenvalue weighted by molar-refractivity contribution is 6.01. The van der Waals surface area contributed by atoms with E-state index in [4.69, 9.17) is 0 Å². The highest BCUT2D eigenvalue weighted by atomic mass is 16.2. The van der Waals surface area contributed by atoms with Crippen molar-refractivity contribution in [3.63, 3.8) is 0 Å². The Hall–Kier alpha value is -2.72.